The highest BCUT2D eigenvalue weighted by molar-refractivity contribution is 5.90. The third kappa shape index (κ3) is 2.30. The monoisotopic (exact) mass is 269 g/mol. The van der Waals surface area contributed by atoms with Gasteiger partial charge in [0.25, 0.3) is 0 Å². The Morgan fingerprint density at radius 1 is 1.10 bits per heavy atom. The first kappa shape index (κ1) is 12.8. The minimum absolute atomic E-state index is 0.128. The lowest BCUT2D eigenvalue weighted by molar-refractivity contribution is 0.579. The van der Waals surface area contributed by atoms with E-state index in [0.29, 0.717) is 18.5 Å². The fourth-order valence-corrected chi connectivity index (χ4v) is 2.50. The molecule has 1 unspecified atom stereocenters. The normalized spacial score (nSPS) is 18.2. The topological polar surface area (TPSA) is 41.6 Å². The Kier molecular flexibility index (Phi) is 3.48. The van der Waals surface area contributed by atoms with Crippen molar-refractivity contribution in [3.05, 3.63) is 66.0 Å². The van der Waals surface area contributed by atoms with Gasteiger partial charge in [-0.2, -0.15) is 5.10 Å². The van der Waals surface area contributed by atoms with Crippen molar-refractivity contribution in [2.24, 2.45) is 10.8 Å². The maximum atomic E-state index is 14.1. The number of nitrogens with zero attached hydrogens (tertiary/aromatic N) is 2. The molecule has 1 atom stereocenters. The van der Waals surface area contributed by atoms with Crippen LogP contribution in [0.5, 0.6) is 0 Å². The molecule has 0 radical (unpaired) electrons. The van der Waals surface area contributed by atoms with Gasteiger partial charge in [-0.15, -0.1) is 0 Å². The molecular formula is C16H16FN3. The molecule has 0 fully saturated rings. The number of halogens is 1. The summed E-state index contributed by atoms with van der Waals surface area (Å²) in [5.41, 5.74) is 8.20. The third-order valence-corrected chi connectivity index (χ3v) is 3.49. The van der Waals surface area contributed by atoms with E-state index in [1.54, 1.807) is 6.07 Å². The molecule has 2 aromatic carbocycles. The average molecular weight is 269 g/mol. The van der Waals surface area contributed by atoms with Gasteiger partial charge in [0.15, 0.2) is 0 Å². The summed E-state index contributed by atoms with van der Waals surface area (Å²) in [6, 6.07) is 16.5. The van der Waals surface area contributed by atoms with E-state index < -0.39 is 0 Å². The van der Waals surface area contributed by atoms with Crippen LogP contribution in [0, 0.1) is 5.82 Å². The van der Waals surface area contributed by atoms with Crippen molar-refractivity contribution >= 4 is 11.4 Å². The van der Waals surface area contributed by atoms with Crippen LogP contribution in [0.3, 0.4) is 0 Å². The average Bonchev–Trinajstić information content (AvgIpc) is 2.93. The lowest BCUT2D eigenvalue weighted by Crippen LogP contribution is -2.19. The number of hydrazone groups is 1. The molecule has 0 aromatic heterocycles. The zero-order valence-corrected chi connectivity index (χ0v) is 11.0. The summed E-state index contributed by atoms with van der Waals surface area (Å²) in [5.74, 6) is -0.202. The Hall–Kier alpha value is -2.20. The summed E-state index contributed by atoms with van der Waals surface area (Å²) < 4.78 is 14.1. The van der Waals surface area contributed by atoms with Crippen LogP contribution in [0.1, 0.15) is 18.0 Å². The standard InChI is InChI=1S/C16H16FN3/c17-15-9-5-4-8-14(15)16-10-12(11-18)19-20(16)13-6-2-1-3-7-13/h1-9,16H,10-11,18H2. The molecule has 2 N–H and O–H groups in total. The molecule has 3 nitrogen and oxygen atoms in total. The van der Waals surface area contributed by atoms with E-state index in [2.05, 4.69) is 5.10 Å². The molecule has 3 rings (SSSR count). The highest BCUT2D eigenvalue weighted by atomic mass is 19.1. The largest absolute Gasteiger partial charge is 0.325 e. The summed E-state index contributed by atoms with van der Waals surface area (Å²) in [6.45, 7) is 0.397. The first-order chi connectivity index (χ1) is 9.79. The Balaban J connectivity index is 2.01. The Bertz CT molecular complexity index is 625. The number of anilines is 1. The number of hydrogen-bond acceptors (Lipinski definition) is 3. The molecule has 1 aliphatic heterocycles. The minimum atomic E-state index is -0.202. The molecule has 2 aromatic rings. The molecule has 0 aliphatic carbocycles. The van der Waals surface area contributed by atoms with E-state index in [1.807, 2.05) is 47.5 Å². The lowest BCUT2D eigenvalue weighted by Gasteiger charge is -2.24. The van der Waals surface area contributed by atoms with Crippen molar-refractivity contribution in [2.75, 3.05) is 11.6 Å². The van der Waals surface area contributed by atoms with Gasteiger partial charge in [0.2, 0.25) is 0 Å². The Morgan fingerprint density at radius 3 is 2.50 bits per heavy atom. The van der Waals surface area contributed by atoms with Crippen molar-refractivity contribution in [3.8, 4) is 0 Å². The lowest BCUT2D eigenvalue weighted by atomic mass is 10.0. The Morgan fingerprint density at radius 2 is 1.80 bits per heavy atom. The van der Waals surface area contributed by atoms with Gasteiger partial charge in [-0.25, -0.2) is 4.39 Å². The summed E-state index contributed by atoms with van der Waals surface area (Å²) >= 11 is 0. The Labute approximate surface area is 117 Å². The molecule has 0 bridgehead atoms. The van der Waals surface area contributed by atoms with E-state index in [9.17, 15) is 4.39 Å². The summed E-state index contributed by atoms with van der Waals surface area (Å²) in [5, 5.41) is 6.40. The van der Waals surface area contributed by atoms with Crippen molar-refractivity contribution in [2.45, 2.75) is 12.5 Å². The molecule has 0 saturated heterocycles. The first-order valence-corrected chi connectivity index (χ1v) is 6.64. The van der Waals surface area contributed by atoms with Gasteiger partial charge < -0.3 is 5.73 Å². The van der Waals surface area contributed by atoms with Crippen LogP contribution in [0.25, 0.3) is 0 Å². The van der Waals surface area contributed by atoms with E-state index in [-0.39, 0.29) is 11.9 Å². The molecule has 20 heavy (non-hydrogen) atoms. The molecular weight excluding hydrogens is 253 g/mol. The summed E-state index contributed by atoms with van der Waals surface area (Å²) in [7, 11) is 0. The number of nitrogens with two attached hydrogens (primary N) is 1. The second-order valence-electron chi connectivity index (χ2n) is 4.79. The third-order valence-electron chi connectivity index (χ3n) is 3.49. The molecule has 4 heteroatoms. The zero-order chi connectivity index (χ0) is 13.9. The second-order valence-corrected chi connectivity index (χ2v) is 4.79. The molecule has 0 saturated carbocycles. The van der Waals surface area contributed by atoms with Crippen LogP contribution in [-0.4, -0.2) is 12.3 Å². The number of hydrogen-bond donors (Lipinski definition) is 1. The van der Waals surface area contributed by atoms with Gasteiger partial charge in [-0.3, -0.25) is 5.01 Å². The van der Waals surface area contributed by atoms with E-state index in [4.69, 9.17) is 5.73 Å². The first-order valence-electron chi connectivity index (χ1n) is 6.64. The van der Waals surface area contributed by atoms with Gasteiger partial charge in [-0.05, 0) is 18.2 Å². The SMILES string of the molecule is NCC1=NN(c2ccccc2)C(c2ccccc2F)C1. The van der Waals surface area contributed by atoms with Crippen LogP contribution >= 0.6 is 0 Å². The predicted octanol–water partition coefficient (Wildman–Crippen LogP) is 3.09. The van der Waals surface area contributed by atoms with Gasteiger partial charge in [0, 0.05) is 18.5 Å². The number of para-hydroxylation sites is 1. The fourth-order valence-electron chi connectivity index (χ4n) is 2.50. The van der Waals surface area contributed by atoms with Crippen LogP contribution in [0.4, 0.5) is 10.1 Å². The van der Waals surface area contributed by atoms with Crippen molar-refractivity contribution < 1.29 is 4.39 Å². The number of benzene rings is 2. The summed E-state index contributed by atoms with van der Waals surface area (Å²) in [4.78, 5) is 0. The van der Waals surface area contributed by atoms with Crippen molar-refractivity contribution in [1.82, 2.24) is 0 Å². The maximum Gasteiger partial charge on any atom is 0.128 e. The van der Waals surface area contributed by atoms with E-state index in [1.165, 1.54) is 6.07 Å². The van der Waals surface area contributed by atoms with Gasteiger partial charge in [0.05, 0.1) is 17.4 Å². The zero-order valence-electron chi connectivity index (χ0n) is 11.0. The van der Waals surface area contributed by atoms with Crippen molar-refractivity contribution in [3.63, 3.8) is 0 Å². The number of rotatable bonds is 3. The highest BCUT2D eigenvalue weighted by Crippen LogP contribution is 2.35. The summed E-state index contributed by atoms with van der Waals surface area (Å²) in [6.07, 6.45) is 0.659. The van der Waals surface area contributed by atoms with Gasteiger partial charge >= 0.3 is 0 Å². The molecule has 0 spiro atoms. The maximum absolute atomic E-state index is 14.1. The molecule has 0 amide bonds. The van der Waals surface area contributed by atoms with E-state index >= 15 is 0 Å². The van der Waals surface area contributed by atoms with E-state index in [0.717, 1.165) is 11.4 Å². The van der Waals surface area contributed by atoms with Gasteiger partial charge in [0.1, 0.15) is 5.82 Å². The van der Waals surface area contributed by atoms with Gasteiger partial charge in [-0.1, -0.05) is 36.4 Å². The van der Waals surface area contributed by atoms with Crippen LogP contribution < -0.4 is 10.7 Å². The van der Waals surface area contributed by atoms with Crippen LogP contribution in [-0.2, 0) is 0 Å². The van der Waals surface area contributed by atoms with Crippen LogP contribution in [0.15, 0.2) is 59.7 Å². The highest BCUT2D eigenvalue weighted by Gasteiger charge is 2.30. The quantitative estimate of drug-likeness (QED) is 0.930. The molecule has 1 heterocycles. The van der Waals surface area contributed by atoms with Crippen molar-refractivity contribution in [1.29, 1.82) is 0 Å². The smallest absolute Gasteiger partial charge is 0.128 e. The van der Waals surface area contributed by atoms with Crippen LogP contribution in [0.2, 0.25) is 0 Å². The molecule has 102 valence electrons. The molecule has 1 aliphatic rings. The second kappa shape index (κ2) is 5.43. The fraction of sp³-hybridized carbons (Fsp3) is 0.188. The predicted molar refractivity (Wildman–Crippen MR) is 79.2 cm³/mol. The minimum Gasteiger partial charge on any atom is -0.325 e.